The molecule has 1 atom stereocenters. The van der Waals surface area contributed by atoms with Gasteiger partial charge in [-0.3, -0.25) is 5.10 Å². The van der Waals surface area contributed by atoms with Crippen LogP contribution in [0.15, 0.2) is 4.90 Å². The molecule has 0 spiro atoms. The van der Waals surface area contributed by atoms with Crippen molar-refractivity contribution in [3.8, 4) is 0 Å². The molecule has 1 unspecified atom stereocenters. The van der Waals surface area contributed by atoms with E-state index in [1.807, 2.05) is 0 Å². The predicted molar refractivity (Wildman–Crippen MR) is 75.6 cm³/mol. The predicted octanol–water partition coefficient (Wildman–Crippen LogP) is 1.41. The standard InChI is InChI=1S/C13H23N3O3S/c1-3-11-5-4-7-16(8-6-11)20(18,19)13-10(2)14-15-12(13)9-17/h11,17H,3-9H2,1-2H3,(H,14,15). The molecule has 1 aliphatic heterocycles. The molecular weight excluding hydrogens is 278 g/mol. The lowest BCUT2D eigenvalue weighted by Crippen LogP contribution is -2.33. The zero-order valence-electron chi connectivity index (χ0n) is 12.1. The highest BCUT2D eigenvalue weighted by Crippen LogP contribution is 2.27. The Labute approximate surface area is 120 Å². The van der Waals surface area contributed by atoms with Crippen LogP contribution in [0.1, 0.15) is 44.0 Å². The van der Waals surface area contributed by atoms with Gasteiger partial charge in [0.05, 0.1) is 12.3 Å². The van der Waals surface area contributed by atoms with Gasteiger partial charge in [-0.1, -0.05) is 13.3 Å². The molecule has 2 N–H and O–H groups in total. The highest BCUT2D eigenvalue weighted by Gasteiger charge is 2.31. The maximum absolute atomic E-state index is 12.8. The third-order valence-electron chi connectivity index (χ3n) is 4.09. The van der Waals surface area contributed by atoms with Gasteiger partial charge in [-0.15, -0.1) is 0 Å². The van der Waals surface area contributed by atoms with E-state index in [4.69, 9.17) is 0 Å². The number of H-pyrrole nitrogens is 1. The van der Waals surface area contributed by atoms with Gasteiger partial charge in [-0.2, -0.15) is 9.40 Å². The van der Waals surface area contributed by atoms with E-state index in [1.165, 1.54) is 0 Å². The summed E-state index contributed by atoms with van der Waals surface area (Å²) in [6.07, 6.45) is 3.98. The molecule has 0 amide bonds. The van der Waals surface area contributed by atoms with E-state index in [-0.39, 0.29) is 17.2 Å². The fourth-order valence-corrected chi connectivity index (χ4v) is 4.65. The summed E-state index contributed by atoms with van der Waals surface area (Å²) in [4.78, 5) is 0.148. The van der Waals surface area contributed by atoms with Crippen LogP contribution >= 0.6 is 0 Å². The Balaban J connectivity index is 2.28. The van der Waals surface area contributed by atoms with Crippen molar-refractivity contribution in [2.45, 2.75) is 51.0 Å². The van der Waals surface area contributed by atoms with Gasteiger partial charge in [0, 0.05) is 13.1 Å². The minimum absolute atomic E-state index is 0.148. The molecule has 0 radical (unpaired) electrons. The molecule has 2 rings (SSSR count). The zero-order valence-corrected chi connectivity index (χ0v) is 12.9. The Hall–Kier alpha value is -0.920. The number of aliphatic hydroxyl groups excluding tert-OH is 1. The minimum atomic E-state index is -3.57. The number of aryl methyl sites for hydroxylation is 1. The fraction of sp³-hybridized carbons (Fsp3) is 0.769. The second-order valence-electron chi connectivity index (χ2n) is 5.39. The van der Waals surface area contributed by atoms with Crippen LogP contribution in [0.25, 0.3) is 0 Å². The lowest BCUT2D eigenvalue weighted by molar-refractivity contribution is 0.273. The van der Waals surface area contributed by atoms with Gasteiger partial charge >= 0.3 is 0 Å². The second kappa shape index (κ2) is 6.24. The minimum Gasteiger partial charge on any atom is -0.390 e. The van der Waals surface area contributed by atoms with E-state index in [0.717, 1.165) is 25.7 Å². The summed E-state index contributed by atoms with van der Waals surface area (Å²) in [5.41, 5.74) is 0.698. The molecule has 0 aliphatic carbocycles. The van der Waals surface area contributed by atoms with Gasteiger partial charge in [0.25, 0.3) is 0 Å². The molecule has 20 heavy (non-hydrogen) atoms. The maximum Gasteiger partial charge on any atom is 0.246 e. The first-order chi connectivity index (χ1) is 9.50. The van der Waals surface area contributed by atoms with Gasteiger partial charge in [0.15, 0.2) is 0 Å². The Bertz CT molecular complexity index is 553. The molecule has 6 nitrogen and oxygen atoms in total. The fourth-order valence-electron chi connectivity index (χ4n) is 2.84. The van der Waals surface area contributed by atoms with Crippen molar-refractivity contribution in [2.24, 2.45) is 5.92 Å². The lowest BCUT2D eigenvalue weighted by Gasteiger charge is -2.20. The topological polar surface area (TPSA) is 86.3 Å². The third kappa shape index (κ3) is 2.89. The lowest BCUT2D eigenvalue weighted by atomic mass is 9.98. The van der Waals surface area contributed by atoms with Gasteiger partial charge in [-0.25, -0.2) is 8.42 Å². The van der Waals surface area contributed by atoms with E-state index < -0.39 is 10.0 Å². The molecule has 0 saturated carbocycles. The van der Waals surface area contributed by atoms with Crippen molar-refractivity contribution in [1.29, 1.82) is 0 Å². The van der Waals surface area contributed by atoms with Crippen molar-refractivity contribution < 1.29 is 13.5 Å². The maximum atomic E-state index is 12.8. The third-order valence-corrected chi connectivity index (χ3v) is 6.20. The van der Waals surface area contributed by atoms with Crippen molar-refractivity contribution in [2.75, 3.05) is 13.1 Å². The van der Waals surface area contributed by atoms with Crippen LogP contribution in [0.2, 0.25) is 0 Å². The Morgan fingerprint density at radius 2 is 2.15 bits per heavy atom. The van der Waals surface area contributed by atoms with Crippen LogP contribution in [0, 0.1) is 12.8 Å². The molecule has 0 bridgehead atoms. The Morgan fingerprint density at radius 3 is 2.80 bits per heavy atom. The van der Waals surface area contributed by atoms with Crippen molar-refractivity contribution in [3.05, 3.63) is 11.4 Å². The van der Waals surface area contributed by atoms with E-state index >= 15 is 0 Å². The number of hydrogen-bond donors (Lipinski definition) is 2. The first-order valence-corrected chi connectivity index (χ1v) is 8.59. The molecule has 1 saturated heterocycles. The monoisotopic (exact) mass is 301 g/mol. The molecular formula is C13H23N3O3S. The molecule has 1 fully saturated rings. The number of aromatic nitrogens is 2. The van der Waals surface area contributed by atoms with Gasteiger partial charge in [-0.05, 0) is 32.1 Å². The number of sulfonamides is 1. The highest BCUT2D eigenvalue weighted by molar-refractivity contribution is 7.89. The summed E-state index contributed by atoms with van der Waals surface area (Å²) in [5.74, 6) is 0.609. The molecule has 1 aliphatic rings. The van der Waals surface area contributed by atoms with Crippen LogP contribution in [-0.4, -0.2) is 41.1 Å². The SMILES string of the molecule is CCC1CCCN(S(=O)(=O)c2c(CO)n[nH]c2C)CC1. The number of rotatable bonds is 4. The first-order valence-electron chi connectivity index (χ1n) is 7.15. The smallest absolute Gasteiger partial charge is 0.246 e. The van der Waals surface area contributed by atoms with Crippen molar-refractivity contribution >= 4 is 10.0 Å². The highest BCUT2D eigenvalue weighted by atomic mass is 32.2. The summed E-state index contributed by atoms with van der Waals surface area (Å²) >= 11 is 0. The van der Waals surface area contributed by atoms with E-state index in [9.17, 15) is 13.5 Å². The number of nitrogens with zero attached hydrogens (tertiary/aromatic N) is 2. The van der Waals surface area contributed by atoms with Crippen LogP contribution in [-0.2, 0) is 16.6 Å². The van der Waals surface area contributed by atoms with E-state index in [1.54, 1.807) is 11.2 Å². The molecule has 114 valence electrons. The largest absolute Gasteiger partial charge is 0.390 e. The summed E-state index contributed by atoms with van der Waals surface area (Å²) in [7, 11) is -3.57. The Kier molecular flexibility index (Phi) is 4.82. The van der Waals surface area contributed by atoms with Gasteiger partial charge < -0.3 is 5.11 Å². The Morgan fingerprint density at radius 1 is 1.40 bits per heavy atom. The second-order valence-corrected chi connectivity index (χ2v) is 7.27. The number of aliphatic hydroxyl groups is 1. The number of hydrogen-bond acceptors (Lipinski definition) is 4. The molecule has 1 aromatic heterocycles. The first kappa shape index (κ1) is 15.5. The van der Waals surface area contributed by atoms with Crippen molar-refractivity contribution in [3.63, 3.8) is 0 Å². The van der Waals surface area contributed by atoms with Gasteiger partial charge in [0.2, 0.25) is 10.0 Å². The van der Waals surface area contributed by atoms with E-state index in [0.29, 0.717) is 24.7 Å². The average molecular weight is 301 g/mol. The number of aromatic amines is 1. The summed E-state index contributed by atoms with van der Waals surface area (Å²) in [5, 5.41) is 15.8. The van der Waals surface area contributed by atoms with Crippen molar-refractivity contribution in [1.82, 2.24) is 14.5 Å². The average Bonchev–Trinajstić information content (AvgIpc) is 2.65. The molecule has 7 heteroatoms. The summed E-state index contributed by atoms with van der Waals surface area (Å²) < 4.78 is 27.0. The quantitative estimate of drug-likeness (QED) is 0.880. The molecule has 1 aromatic rings. The summed E-state index contributed by atoms with van der Waals surface area (Å²) in [6, 6.07) is 0. The van der Waals surface area contributed by atoms with Crippen LogP contribution in [0.3, 0.4) is 0 Å². The zero-order chi connectivity index (χ0) is 14.8. The van der Waals surface area contributed by atoms with Crippen LogP contribution < -0.4 is 0 Å². The number of nitrogens with one attached hydrogen (secondary N) is 1. The summed E-state index contributed by atoms with van der Waals surface area (Å²) in [6.45, 7) is 4.56. The molecule has 2 heterocycles. The molecule has 0 aromatic carbocycles. The van der Waals surface area contributed by atoms with Crippen LogP contribution in [0.5, 0.6) is 0 Å². The van der Waals surface area contributed by atoms with Crippen LogP contribution in [0.4, 0.5) is 0 Å². The normalized spacial score (nSPS) is 21.9. The van der Waals surface area contributed by atoms with E-state index in [2.05, 4.69) is 17.1 Å². The van der Waals surface area contributed by atoms with Gasteiger partial charge in [0.1, 0.15) is 10.6 Å².